The fraction of sp³-hybridized carbons (Fsp3) is 0.800. The molecule has 1 heterocycles. The van der Waals surface area contributed by atoms with Crippen LogP contribution in [0.2, 0.25) is 0 Å². The molecule has 1 atom stereocenters. The predicted octanol–water partition coefficient (Wildman–Crippen LogP) is 0.901. The van der Waals surface area contributed by atoms with E-state index in [0.717, 1.165) is 0 Å². The Morgan fingerprint density at radius 1 is 1.60 bits per heavy atom. The number of nitrogens with zero attached hydrogens (tertiary/aromatic N) is 1. The first kappa shape index (κ1) is 11.8. The molecule has 1 aliphatic rings. The zero-order chi connectivity index (χ0) is 11.6. The number of hydrogen-bond donors (Lipinski definition) is 2. The minimum atomic E-state index is -0.815. The minimum Gasteiger partial charge on any atom is -0.481 e. The maximum atomic E-state index is 11.5. The lowest BCUT2D eigenvalue weighted by Crippen LogP contribution is -2.58. The van der Waals surface area contributed by atoms with Crippen molar-refractivity contribution in [2.75, 3.05) is 13.1 Å². The van der Waals surface area contributed by atoms with Gasteiger partial charge in [-0.1, -0.05) is 0 Å². The number of carboxylic acids is 1. The van der Waals surface area contributed by atoms with Gasteiger partial charge in [0.25, 0.3) is 0 Å². The third kappa shape index (κ3) is 3.11. The first-order chi connectivity index (χ1) is 6.80. The van der Waals surface area contributed by atoms with Crippen LogP contribution in [0.15, 0.2) is 0 Å². The summed E-state index contributed by atoms with van der Waals surface area (Å²) >= 11 is 0. The van der Waals surface area contributed by atoms with E-state index < -0.39 is 5.97 Å². The molecule has 5 nitrogen and oxygen atoms in total. The highest BCUT2D eigenvalue weighted by atomic mass is 16.4. The second-order valence-electron chi connectivity index (χ2n) is 4.93. The number of carbonyl (C=O) groups is 2. The molecule has 0 saturated carbocycles. The minimum absolute atomic E-state index is 0.000532. The summed E-state index contributed by atoms with van der Waals surface area (Å²) in [6.45, 7) is 6.79. The molecule has 1 unspecified atom stereocenters. The van der Waals surface area contributed by atoms with Gasteiger partial charge in [-0.2, -0.15) is 0 Å². The lowest BCUT2D eigenvalue weighted by atomic mass is 9.98. The van der Waals surface area contributed by atoms with Crippen molar-refractivity contribution in [3.8, 4) is 0 Å². The van der Waals surface area contributed by atoms with Crippen molar-refractivity contribution >= 4 is 12.0 Å². The molecule has 5 heteroatoms. The second-order valence-corrected chi connectivity index (χ2v) is 4.93. The van der Waals surface area contributed by atoms with Gasteiger partial charge in [0.1, 0.15) is 0 Å². The molecular weight excluding hydrogens is 196 g/mol. The van der Waals surface area contributed by atoms with Crippen LogP contribution in [0.1, 0.15) is 27.2 Å². The van der Waals surface area contributed by atoms with Crippen LogP contribution in [0.25, 0.3) is 0 Å². The molecule has 0 bridgehead atoms. The van der Waals surface area contributed by atoms with Gasteiger partial charge in [0.2, 0.25) is 0 Å². The summed E-state index contributed by atoms with van der Waals surface area (Å²) in [5, 5.41) is 11.4. The summed E-state index contributed by atoms with van der Waals surface area (Å²) < 4.78 is 0. The molecule has 0 aromatic rings. The summed E-state index contributed by atoms with van der Waals surface area (Å²) in [6, 6.07) is -0.107. The molecule has 0 aromatic carbocycles. The molecule has 86 valence electrons. The largest absolute Gasteiger partial charge is 0.481 e. The highest BCUT2D eigenvalue weighted by Gasteiger charge is 2.33. The van der Waals surface area contributed by atoms with Crippen molar-refractivity contribution in [1.82, 2.24) is 10.2 Å². The number of urea groups is 1. The summed E-state index contributed by atoms with van der Waals surface area (Å²) in [6.07, 6.45) is 0.104. The zero-order valence-corrected chi connectivity index (χ0v) is 9.41. The van der Waals surface area contributed by atoms with Crippen LogP contribution < -0.4 is 5.32 Å². The Balaban J connectivity index is 2.64. The Morgan fingerprint density at radius 2 is 2.20 bits per heavy atom. The SMILES string of the molecule is CC(C)(C)N1CC(CC(=O)O)CNC1=O. The molecular formula is C10H18N2O3. The van der Waals surface area contributed by atoms with E-state index in [4.69, 9.17) is 5.11 Å². The topological polar surface area (TPSA) is 69.6 Å². The maximum absolute atomic E-state index is 11.5. The Morgan fingerprint density at radius 3 is 2.67 bits per heavy atom. The van der Waals surface area contributed by atoms with Gasteiger partial charge >= 0.3 is 12.0 Å². The Bertz CT molecular complexity index is 270. The standard InChI is InChI=1S/C10H18N2O3/c1-10(2,3)12-6-7(4-8(13)14)5-11-9(12)15/h7H,4-6H2,1-3H3,(H,11,15)(H,13,14). The van der Waals surface area contributed by atoms with E-state index in [1.54, 1.807) is 4.90 Å². The number of amides is 2. The van der Waals surface area contributed by atoms with Crippen molar-refractivity contribution in [1.29, 1.82) is 0 Å². The summed E-state index contributed by atoms with van der Waals surface area (Å²) in [7, 11) is 0. The molecule has 0 aromatic heterocycles. The third-order valence-electron chi connectivity index (χ3n) is 2.50. The van der Waals surface area contributed by atoms with Gasteiger partial charge in [0.05, 0.1) is 6.42 Å². The van der Waals surface area contributed by atoms with E-state index in [-0.39, 0.29) is 23.9 Å². The van der Waals surface area contributed by atoms with Crippen molar-refractivity contribution in [3.63, 3.8) is 0 Å². The monoisotopic (exact) mass is 214 g/mol. The molecule has 1 saturated heterocycles. The molecule has 15 heavy (non-hydrogen) atoms. The fourth-order valence-electron chi connectivity index (χ4n) is 1.69. The average molecular weight is 214 g/mol. The van der Waals surface area contributed by atoms with Gasteiger partial charge in [-0.05, 0) is 20.8 Å². The number of carbonyl (C=O) groups excluding carboxylic acids is 1. The number of rotatable bonds is 2. The molecule has 1 aliphatic heterocycles. The normalized spacial score (nSPS) is 22.5. The predicted molar refractivity (Wildman–Crippen MR) is 55.6 cm³/mol. The van der Waals surface area contributed by atoms with Gasteiger partial charge < -0.3 is 15.3 Å². The van der Waals surface area contributed by atoms with E-state index in [1.165, 1.54) is 0 Å². The van der Waals surface area contributed by atoms with Crippen LogP contribution in [0.4, 0.5) is 4.79 Å². The van der Waals surface area contributed by atoms with Crippen molar-refractivity contribution < 1.29 is 14.7 Å². The van der Waals surface area contributed by atoms with Gasteiger partial charge in [-0.3, -0.25) is 4.79 Å². The Kier molecular flexibility index (Phi) is 3.21. The smallest absolute Gasteiger partial charge is 0.317 e. The van der Waals surface area contributed by atoms with Crippen LogP contribution >= 0.6 is 0 Å². The van der Waals surface area contributed by atoms with Gasteiger partial charge in [0, 0.05) is 24.5 Å². The fourth-order valence-corrected chi connectivity index (χ4v) is 1.69. The van der Waals surface area contributed by atoms with Gasteiger partial charge in [-0.25, -0.2) is 4.79 Å². The zero-order valence-electron chi connectivity index (χ0n) is 9.41. The number of aliphatic carboxylic acids is 1. The molecule has 0 aliphatic carbocycles. The third-order valence-corrected chi connectivity index (χ3v) is 2.50. The Labute approximate surface area is 89.4 Å². The van der Waals surface area contributed by atoms with Crippen molar-refractivity contribution in [2.45, 2.75) is 32.7 Å². The highest BCUT2D eigenvalue weighted by Crippen LogP contribution is 2.20. The number of carboxylic acid groups (broad SMARTS) is 1. The lowest BCUT2D eigenvalue weighted by molar-refractivity contribution is -0.138. The molecule has 0 spiro atoms. The molecule has 0 radical (unpaired) electrons. The highest BCUT2D eigenvalue weighted by molar-refractivity contribution is 5.76. The molecule has 2 amide bonds. The van der Waals surface area contributed by atoms with Crippen LogP contribution in [0.3, 0.4) is 0 Å². The van der Waals surface area contributed by atoms with Gasteiger partial charge in [0.15, 0.2) is 0 Å². The first-order valence-electron chi connectivity index (χ1n) is 5.08. The quantitative estimate of drug-likeness (QED) is 0.717. The Hall–Kier alpha value is -1.26. The van der Waals surface area contributed by atoms with Crippen LogP contribution in [0.5, 0.6) is 0 Å². The second kappa shape index (κ2) is 4.08. The van der Waals surface area contributed by atoms with Crippen LogP contribution in [-0.2, 0) is 4.79 Å². The summed E-state index contributed by atoms with van der Waals surface area (Å²) in [4.78, 5) is 23.8. The van der Waals surface area contributed by atoms with E-state index in [1.807, 2.05) is 20.8 Å². The van der Waals surface area contributed by atoms with Gasteiger partial charge in [-0.15, -0.1) is 0 Å². The first-order valence-corrected chi connectivity index (χ1v) is 5.08. The van der Waals surface area contributed by atoms with Crippen molar-refractivity contribution in [2.24, 2.45) is 5.92 Å². The number of nitrogens with one attached hydrogen (secondary N) is 1. The number of hydrogen-bond acceptors (Lipinski definition) is 2. The van der Waals surface area contributed by atoms with E-state index >= 15 is 0 Å². The average Bonchev–Trinajstić information content (AvgIpc) is 2.05. The van der Waals surface area contributed by atoms with E-state index in [9.17, 15) is 9.59 Å². The van der Waals surface area contributed by atoms with E-state index in [0.29, 0.717) is 13.1 Å². The summed E-state index contributed by atoms with van der Waals surface area (Å²) in [5.41, 5.74) is -0.263. The molecule has 1 rings (SSSR count). The lowest BCUT2D eigenvalue weighted by Gasteiger charge is -2.41. The van der Waals surface area contributed by atoms with Crippen LogP contribution in [0, 0.1) is 5.92 Å². The van der Waals surface area contributed by atoms with Crippen molar-refractivity contribution in [3.05, 3.63) is 0 Å². The molecule has 2 N–H and O–H groups in total. The van der Waals surface area contributed by atoms with E-state index in [2.05, 4.69) is 5.32 Å². The summed E-state index contributed by atoms with van der Waals surface area (Å²) in [5.74, 6) is -0.815. The maximum Gasteiger partial charge on any atom is 0.317 e. The molecule has 1 fully saturated rings. The van der Waals surface area contributed by atoms with Crippen LogP contribution in [-0.4, -0.2) is 40.6 Å².